The first-order valence-electron chi connectivity index (χ1n) is 27.3. The van der Waals surface area contributed by atoms with E-state index in [0.29, 0.717) is 0 Å². The summed E-state index contributed by atoms with van der Waals surface area (Å²) in [4.78, 5) is 8.12. The van der Waals surface area contributed by atoms with Gasteiger partial charge in [0.05, 0.1) is 5.54 Å². The highest BCUT2D eigenvalue weighted by atomic mass is 32.1. The SMILES string of the molecule is Cc1ccccc1-c1ccc2c(c1)C1(C)CCCCC1(C)N2c1cc2c3c(c1)N(c1ccc4sc5ccccc5c4c1)c1ccc(C(C)(C)C)cc1B3c1cc(C(C)(C)C)ccc1N2c1ccc(C(C)(C)C)cc1. The van der Waals surface area contributed by atoms with Crippen molar-refractivity contribution in [3.8, 4) is 11.1 Å². The lowest BCUT2D eigenvalue weighted by molar-refractivity contribution is 0.195. The molecule has 3 nitrogen and oxygen atoms in total. The van der Waals surface area contributed by atoms with Gasteiger partial charge in [-0.3, -0.25) is 0 Å². The highest BCUT2D eigenvalue weighted by molar-refractivity contribution is 7.25. The van der Waals surface area contributed by atoms with Crippen LogP contribution in [0.2, 0.25) is 0 Å². The van der Waals surface area contributed by atoms with E-state index in [0.717, 1.165) is 12.8 Å². The molecule has 9 aromatic rings. The van der Waals surface area contributed by atoms with E-state index in [-0.39, 0.29) is 33.9 Å². The summed E-state index contributed by atoms with van der Waals surface area (Å²) in [6.45, 7) is 28.6. The van der Waals surface area contributed by atoms with E-state index >= 15 is 0 Å². The first kappa shape index (κ1) is 47.2. The smallest absolute Gasteiger partial charge is 0.252 e. The van der Waals surface area contributed by atoms with Gasteiger partial charge in [-0.05, 0) is 171 Å². The number of rotatable bonds is 4. The molecule has 1 aromatic heterocycles. The average molecular weight is 984 g/mol. The van der Waals surface area contributed by atoms with E-state index < -0.39 is 0 Å². The molecule has 3 aliphatic heterocycles. The molecule has 4 heterocycles. The van der Waals surface area contributed by atoms with Crippen molar-refractivity contribution in [1.29, 1.82) is 0 Å². The summed E-state index contributed by atoms with van der Waals surface area (Å²) in [6.07, 6.45) is 4.72. The van der Waals surface area contributed by atoms with Gasteiger partial charge in [-0.15, -0.1) is 11.3 Å². The van der Waals surface area contributed by atoms with Crippen molar-refractivity contribution in [2.75, 3.05) is 14.7 Å². The Bertz CT molecular complexity index is 3770. The summed E-state index contributed by atoms with van der Waals surface area (Å²) < 4.78 is 2.65. The number of fused-ring (bicyclic) bond motifs is 10. The molecule has 0 spiro atoms. The van der Waals surface area contributed by atoms with E-state index in [1.807, 2.05) is 11.3 Å². The van der Waals surface area contributed by atoms with Crippen LogP contribution in [0.15, 0.2) is 158 Å². The van der Waals surface area contributed by atoms with Crippen molar-refractivity contribution in [2.45, 2.75) is 136 Å². The van der Waals surface area contributed by atoms with Gasteiger partial charge in [0.25, 0.3) is 6.71 Å². The Morgan fingerprint density at radius 2 is 1.03 bits per heavy atom. The van der Waals surface area contributed by atoms with Crippen LogP contribution in [-0.4, -0.2) is 12.3 Å². The number of aryl methyl sites for hydroxylation is 1. The number of thiophene rings is 1. The zero-order chi connectivity index (χ0) is 51.4. The molecule has 0 N–H and O–H groups in total. The maximum Gasteiger partial charge on any atom is 0.252 e. The molecular formula is C69H70BN3S. The molecular weight excluding hydrogens is 914 g/mol. The topological polar surface area (TPSA) is 9.72 Å². The number of anilines is 8. The fourth-order valence-electron chi connectivity index (χ4n) is 13.8. The van der Waals surface area contributed by atoms with Gasteiger partial charge in [0.15, 0.2) is 0 Å². The molecule has 0 saturated heterocycles. The molecule has 0 bridgehead atoms. The Balaban J connectivity index is 1.15. The second-order valence-electron chi connectivity index (χ2n) is 25.8. The molecule has 1 aliphatic carbocycles. The Kier molecular flexibility index (Phi) is 10.3. The third kappa shape index (κ3) is 6.97. The minimum absolute atomic E-state index is 0.00576. The predicted octanol–water partition coefficient (Wildman–Crippen LogP) is 17.7. The van der Waals surface area contributed by atoms with E-state index in [1.165, 1.54) is 134 Å². The standard InChI is InChI=1S/C69H70BN3S/c1-43-19-13-14-20-51(43)44-23-31-57-54(37-44)68(11)35-17-18-36-69(68,12)73(57)50-41-60-64-61(42-50)72(49-30-34-63-53(40-49)52-21-15-16-22-62(52)74-63)59-33-27-47(67(8,9)10)39-56(59)70(64)55-38-46(66(5,6)7)26-32-58(55)71(60)48-28-24-45(25-29-48)65(2,3)4/h13-16,19-34,37-42H,17-18,35-36H2,1-12H3. The number of hydrogen-bond acceptors (Lipinski definition) is 4. The molecule has 0 radical (unpaired) electrons. The molecule has 74 heavy (non-hydrogen) atoms. The van der Waals surface area contributed by atoms with Crippen LogP contribution in [0.25, 0.3) is 31.3 Å². The van der Waals surface area contributed by atoms with Gasteiger partial charge < -0.3 is 14.7 Å². The van der Waals surface area contributed by atoms with Crippen LogP contribution < -0.4 is 31.1 Å². The number of benzene rings is 8. The molecule has 4 aliphatic rings. The Morgan fingerprint density at radius 1 is 0.473 bits per heavy atom. The quantitative estimate of drug-likeness (QED) is 0.163. The van der Waals surface area contributed by atoms with Crippen molar-refractivity contribution in [1.82, 2.24) is 0 Å². The predicted molar refractivity (Wildman–Crippen MR) is 322 cm³/mol. The van der Waals surface area contributed by atoms with Crippen LogP contribution >= 0.6 is 11.3 Å². The molecule has 1 fully saturated rings. The third-order valence-electron chi connectivity index (χ3n) is 18.2. The van der Waals surface area contributed by atoms with Gasteiger partial charge in [0.2, 0.25) is 0 Å². The van der Waals surface area contributed by atoms with Crippen LogP contribution in [-0.2, 0) is 21.7 Å². The third-order valence-corrected chi connectivity index (χ3v) is 19.4. The summed E-state index contributed by atoms with van der Waals surface area (Å²) >= 11 is 1.89. The maximum absolute atomic E-state index is 2.82. The first-order chi connectivity index (χ1) is 35.2. The van der Waals surface area contributed by atoms with Gasteiger partial charge >= 0.3 is 0 Å². The number of nitrogens with zero attached hydrogens (tertiary/aromatic N) is 3. The van der Waals surface area contributed by atoms with Crippen LogP contribution in [0.4, 0.5) is 45.5 Å². The van der Waals surface area contributed by atoms with E-state index in [9.17, 15) is 0 Å². The van der Waals surface area contributed by atoms with Crippen LogP contribution in [0.5, 0.6) is 0 Å². The minimum atomic E-state index is -0.167. The molecule has 370 valence electrons. The Labute approximate surface area is 445 Å². The maximum atomic E-state index is 2.82. The zero-order valence-corrected chi connectivity index (χ0v) is 46.5. The molecule has 8 aromatic carbocycles. The van der Waals surface area contributed by atoms with Crippen molar-refractivity contribution in [3.05, 3.63) is 186 Å². The first-order valence-corrected chi connectivity index (χ1v) is 28.1. The zero-order valence-electron chi connectivity index (χ0n) is 45.7. The van der Waals surface area contributed by atoms with Gasteiger partial charge in [-0.25, -0.2) is 0 Å². The second kappa shape index (κ2) is 16.2. The Hall–Kier alpha value is -6.56. The van der Waals surface area contributed by atoms with E-state index in [1.54, 1.807) is 0 Å². The van der Waals surface area contributed by atoms with Gasteiger partial charge in [-0.2, -0.15) is 0 Å². The Morgan fingerprint density at radius 3 is 1.68 bits per heavy atom. The van der Waals surface area contributed by atoms with E-state index in [2.05, 4.69) is 256 Å². The summed E-state index contributed by atoms with van der Waals surface area (Å²) in [6, 6.07) is 62.2. The largest absolute Gasteiger partial charge is 0.334 e. The minimum Gasteiger partial charge on any atom is -0.334 e. The number of hydrogen-bond donors (Lipinski definition) is 0. The van der Waals surface area contributed by atoms with Crippen molar-refractivity contribution < 1.29 is 0 Å². The van der Waals surface area contributed by atoms with Crippen LogP contribution in [0, 0.1) is 6.92 Å². The lowest BCUT2D eigenvalue weighted by Gasteiger charge is -2.51. The highest BCUT2D eigenvalue weighted by Crippen LogP contribution is 2.62. The normalized spacial score (nSPS) is 19.1. The van der Waals surface area contributed by atoms with Crippen molar-refractivity contribution >= 4 is 100 Å². The molecule has 2 unspecified atom stereocenters. The van der Waals surface area contributed by atoms with Crippen LogP contribution in [0.1, 0.15) is 130 Å². The summed E-state index contributed by atoms with van der Waals surface area (Å²) in [5.74, 6) is 0. The molecule has 0 amide bonds. The fraction of sp³-hybridized carbons (Fsp3) is 0.304. The van der Waals surface area contributed by atoms with Crippen molar-refractivity contribution in [3.63, 3.8) is 0 Å². The van der Waals surface area contributed by atoms with Crippen molar-refractivity contribution in [2.24, 2.45) is 0 Å². The van der Waals surface area contributed by atoms with Crippen LogP contribution in [0.3, 0.4) is 0 Å². The lowest BCUT2D eigenvalue weighted by Crippen LogP contribution is -2.62. The molecule has 1 saturated carbocycles. The fourth-order valence-corrected chi connectivity index (χ4v) is 14.9. The van der Waals surface area contributed by atoms with E-state index in [4.69, 9.17) is 0 Å². The average Bonchev–Trinajstić information content (AvgIpc) is 3.84. The molecule has 13 rings (SSSR count). The lowest BCUT2D eigenvalue weighted by atomic mass is 9.33. The van der Waals surface area contributed by atoms with Gasteiger partial charge in [0.1, 0.15) is 0 Å². The summed E-state index contributed by atoms with van der Waals surface area (Å²) in [5, 5.41) is 2.63. The molecule has 5 heteroatoms. The highest BCUT2D eigenvalue weighted by Gasteiger charge is 2.58. The summed E-state index contributed by atoms with van der Waals surface area (Å²) in [5.41, 5.74) is 23.3. The molecule has 2 atom stereocenters. The summed E-state index contributed by atoms with van der Waals surface area (Å²) in [7, 11) is 0. The van der Waals surface area contributed by atoms with Gasteiger partial charge in [-0.1, -0.05) is 167 Å². The van der Waals surface area contributed by atoms with Gasteiger partial charge in [0, 0.05) is 71.1 Å². The second-order valence-corrected chi connectivity index (χ2v) is 26.9. The monoisotopic (exact) mass is 984 g/mol.